The molecule has 1 heterocycles. The lowest BCUT2D eigenvalue weighted by atomic mass is 10.1. The molecule has 1 amide bonds. The Morgan fingerprint density at radius 3 is 1.89 bits per heavy atom. The maximum absolute atomic E-state index is 13.5. The number of rotatable bonds is 8. The lowest BCUT2D eigenvalue weighted by Crippen LogP contribution is -2.26. The van der Waals surface area contributed by atoms with Gasteiger partial charge in [0.25, 0.3) is 11.5 Å². The summed E-state index contributed by atoms with van der Waals surface area (Å²) < 4.78 is 27.9. The monoisotopic (exact) mass is 491 g/mol. The number of hydrogen-bond donors (Lipinski definition) is 1. The van der Waals surface area contributed by atoms with Crippen LogP contribution in [0.4, 0.5) is 5.69 Å². The van der Waals surface area contributed by atoms with E-state index in [0.717, 1.165) is 4.68 Å². The van der Waals surface area contributed by atoms with E-state index >= 15 is 0 Å². The van der Waals surface area contributed by atoms with Crippen molar-refractivity contribution in [1.29, 1.82) is 0 Å². The van der Waals surface area contributed by atoms with Gasteiger partial charge in [0.15, 0.2) is 17.2 Å². The molecule has 10 heteroatoms. The van der Waals surface area contributed by atoms with Crippen molar-refractivity contribution in [2.24, 2.45) is 0 Å². The number of aromatic nitrogens is 2. The number of nitrogens with one attached hydrogen (secondary N) is 1. The molecule has 0 saturated carbocycles. The fourth-order valence-corrected chi connectivity index (χ4v) is 3.79. The Labute approximate surface area is 206 Å². The van der Waals surface area contributed by atoms with Crippen LogP contribution in [-0.2, 0) is 0 Å². The molecule has 36 heavy (non-hydrogen) atoms. The SMILES string of the molecule is COc1cc(OC)cc(-n2nc(C(=O)Nc3cc(OC)c(OC)c(OC)c3)c3ccccc3c2=O)c1. The molecule has 0 aliphatic heterocycles. The molecule has 0 unspecified atom stereocenters. The Kier molecular flexibility index (Phi) is 6.95. The highest BCUT2D eigenvalue weighted by Gasteiger charge is 2.20. The molecule has 3 aromatic carbocycles. The van der Waals surface area contributed by atoms with Crippen LogP contribution in [-0.4, -0.2) is 51.2 Å². The molecule has 1 N–H and O–H groups in total. The summed E-state index contributed by atoms with van der Waals surface area (Å²) in [5.74, 6) is 1.53. The third kappa shape index (κ3) is 4.48. The highest BCUT2D eigenvalue weighted by Crippen LogP contribution is 2.40. The molecule has 0 bridgehead atoms. The van der Waals surface area contributed by atoms with Crippen LogP contribution >= 0.6 is 0 Å². The normalized spacial score (nSPS) is 10.6. The number of fused-ring (bicyclic) bond motifs is 1. The molecule has 0 aliphatic carbocycles. The van der Waals surface area contributed by atoms with Crippen LogP contribution in [0.25, 0.3) is 16.5 Å². The fraction of sp³-hybridized carbons (Fsp3) is 0.192. The number of carbonyl (C=O) groups is 1. The molecular formula is C26H25N3O7. The molecule has 0 spiro atoms. The highest BCUT2D eigenvalue weighted by molar-refractivity contribution is 6.11. The topological polar surface area (TPSA) is 110 Å². The maximum Gasteiger partial charge on any atom is 0.279 e. The van der Waals surface area contributed by atoms with E-state index in [1.165, 1.54) is 35.5 Å². The molecule has 1 aromatic heterocycles. The van der Waals surface area contributed by atoms with Gasteiger partial charge in [-0.05, 0) is 6.07 Å². The lowest BCUT2D eigenvalue weighted by Gasteiger charge is -2.15. The van der Waals surface area contributed by atoms with Crippen molar-refractivity contribution in [3.8, 4) is 34.4 Å². The van der Waals surface area contributed by atoms with Gasteiger partial charge >= 0.3 is 0 Å². The molecule has 0 saturated heterocycles. The number of methoxy groups -OCH3 is 5. The van der Waals surface area contributed by atoms with Gasteiger partial charge in [0.1, 0.15) is 11.5 Å². The first-order chi connectivity index (χ1) is 17.4. The second-order valence-corrected chi connectivity index (χ2v) is 7.55. The van der Waals surface area contributed by atoms with Gasteiger partial charge in [-0.3, -0.25) is 9.59 Å². The van der Waals surface area contributed by atoms with Gasteiger partial charge in [0, 0.05) is 41.4 Å². The molecule has 0 aliphatic rings. The summed E-state index contributed by atoms with van der Waals surface area (Å²) in [4.78, 5) is 26.8. The van der Waals surface area contributed by atoms with Gasteiger partial charge in [-0.25, -0.2) is 0 Å². The summed E-state index contributed by atoms with van der Waals surface area (Å²) in [7, 11) is 7.47. The number of anilines is 1. The van der Waals surface area contributed by atoms with E-state index in [9.17, 15) is 9.59 Å². The van der Waals surface area contributed by atoms with Crippen LogP contribution in [0.5, 0.6) is 28.7 Å². The molecular weight excluding hydrogens is 466 g/mol. The van der Waals surface area contributed by atoms with Gasteiger partial charge in [0.05, 0.1) is 46.6 Å². The second kappa shape index (κ2) is 10.3. The predicted octanol–water partition coefficient (Wildman–Crippen LogP) is 3.68. The van der Waals surface area contributed by atoms with Crippen LogP contribution in [0.1, 0.15) is 10.5 Å². The Morgan fingerprint density at radius 1 is 0.778 bits per heavy atom. The van der Waals surface area contributed by atoms with E-state index < -0.39 is 11.5 Å². The first kappa shape index (κ1) is 24.4. The van der Waals surface area contributed by atoms with E-state index in [1.54, 1.807) is 54.6 Å². The van der Waals surface area contributed by atoms with Crippen LogP contribution < -0.4 is 34.6 Å². The predicted molar refractivity (Wildman–Crippen MR) is 134 cm³/mol. The summed E-state index contributed by atoms with van der Waals surface area (Å²) in [5.41, 5.74) is 0.413. The molecule has 10 nitrogen and oxygen atoms in total. The summed E-state index contributed by atoms with van der Waals surface area (Å²) in [6.45, 7) is 0. The molecule has 4 aromatic rings. The van der Waals surface area contributed by atoms with Gasteiger partial charge < -0.3 is 29.0 Å². The molecule has 0 radical (unpaired) electrons. The third-order valence-corrected chi connectivity index (χ3v) is 5.52. The van der Waals surface area contributed by atoms with Crippen LogP contribution in [0.15, 0.2) is 59.4 Å². The van der Waals surface area contributed by atoms with Gasteiger partial charge in [0.2, 0.25) is 5.75 Å². The van der Waals surface area contributed by atoms with Crippen LogP contribution in [0.3, 0.4) is 0 Å². The van der Waals surface area contributed by atoms with Crippen molar-refractivity contribution < 1.29 is 28.5 Å². The Morgan fingerprint density at radius 2 is 1.36 bits per heavy atom. The highest BCUT2D eigenvalue weighted by atomic mass is 16.5. The van der Waals surface area contributed by atoms with Crippen molar-refractivity contribution in [3.05, 3.63) is 70.6 Å². The quantitative estimate of drug-likeness (QED) is 0.398. The average Bonchev–Trinajstić information content (AvgIpc) is 2.92. The van der Waals surface area contributed by atoms with Gasteiger partial charge in [-0.15, -0.1) is 0 Å². The zero-order valence-corrected chi connectivity index (χ0v) is 20.4. The standard InChI is InChI=1S/C26H25N3O7/c1-32-17-12-16(13-18(14-17)33-2)29-26(31)20-9-7-6-8-19(20)23(28-29)25(30)27-15-10-21(34-3)24(36-5)22(11-15)35-4/h6-14H,1-5H3,(H,27,30). The van der Waals surface area contributed by atoms with E-state index in [0.29, 0.717) is 50.9 Å². The smallest absolute Gasteiger partial charge is 0.279 e. The molecule has 0 atom stereocenters. The first-order valence-electron chi connectivity index (χ1n) is 10.8. The van der Waals surface area contributed by atoms with Crippen molar-refractivity contribution >= 4 is 22.4 Å². The number of nitrogens with zero attached hydrogens (tertiary/aromatic N) is 2. The van der Waals surface area contributed by atoms with Crippen molar-refractivity contribution in [2.45, 2.75) is 0 Å². The zero-order chi connectivity index (χ0) is 25.8. The zero-order valence-electron chi connectivity index (χ0n) is 20.4. The largest absolute Gasteiger partial charge is 0.497 e. The lowest BCUT2D eigenvalue weighted by molar-refractivity contribution is 0.102. The molecule has 0 fully saturated rings. The minimum absolute atomic E-state index is 0.0424. The Hall–Kier alpha value is -4.73. The molecule has 4 rings (SSSR count). The number of carbonyl (C=O) groups excluding carboxylic acids is 1. The minimum Gasteiger partial charge on any atom is -0.497 e. The maximum atomic E-state index is 13.5. The van der Waals surface area contributed by atoms with E-state index in [2.05, 4.69) is 10.4 Å². The second-order valence-electron chi connectivity index (χ2n) is 7.55. The Balaban J connectivity index is 1.86. The van der Waals surface area contributed by atoms with Crippen molar-refractivity contribution in [1.82, 2.24) is 9.78 Å². The summed E-state index contributed by atoms with van der Waals surface area (Å²) in [6.07, 6.45) is 0. The minimum atomic E-state index is -0.538. The number of ether oxygens (including phenoxy) is 5. The molecule has 186 valence electrons. The number of amides is 1. The van der Waals surface area contributed by atoms with E-state index in [4.69, 9.17) is 23.7 Å². The van der Waals surface area contributed by atoms with Crippen LogP contribution in [0, 0.1) is 0 Å². The van der Waals surface area contributed by atoms with E-state index in [1.807, 2.05) is 0 Å². The number of hydrogen-bond acceptors (Lipinski definition) is 8. The average molecular weight is 492 g/mol. The summed E-state index contributed by atoms with van der Waals surface area (Å²) in [5, 5.41) is 7.97. The van der Waals surface area contributed by atoms with Gasteiger partial charge in [-0.2, -0.15) is 9.78 Å². The van der Waals surface area contributed by atoms with Crippen molar-refractivity contribution in [3.63, 3.8) is 0 Å². The third-order valence-electron chi connectivity index (χ3n) is 5.52. The summed E-state index contributed by atoms with van der Waals surface area (Å²) in [6, 6.07) is 14.9. The van der Waals surface area contributed by atoms with Crippen molar-refractivity contribution in [2.75, 3.05) is 40.9 Å². The van der Waals surface area contributed by atoms with Crippen LogP contribution in [0.2, 0.25) is 0 Å². The first-order valence-corrected chi connectivity index (χ1v) is 10.8. The Bertz CT molecular complexity index is 1450. The fourth-order valence-electron chi connectivity index (χ4n) is 3.79. The summed E-state index contributed by atoms with van der Waals surface area (Å²) >= 11 is 0. The van der Waals surface area contributed by atoms with Gasteiger partial charge in [-0.1, -0.05) is 18.2 Å². The van der Waals surface area contributed by atoms with E-state index in [-0.39, 0.29) is 5.69 Å². The number of benzene rings is 3.